The lowest BCUT2D eigenvalue weighted by atomic mass is 9.72. The minimum Gasteiger partial charge on any atom is -0.444 e. The van der Waals surface area contributed by atoms with Gasteiger partial charge in [0.05, 0.1) is 12.2 Å². The molecular formula is C28H34FIN6O3. The van der Waals surface area contributed by atoms with Gasteiger partial charge in [-0.15, -0.1) is 0 Å². The van der Waals surface area contributed by atoms with Crippen molar-refractivity contribution in [1.82, 2.24) is 25.1 Å². The molecule has 11 heteroatoms. The number of hydrogen-bond acceptors (Lipinski definition) is 7. The van der Waals surface area contributed by atoms with Gasteiger partial charge >= 0.3 is 6.09 Å². The number of carbonyl (C=O) groups excluding carboxylic acids is 1. The summed E-state index contributed by atoms with van der Waals surface area (Å²) >= 11 is 2.21. The van der Waals surface area contributed by atoms with E-state index in [1.807, 2.05) is 37.7 Å². The SMILES string of the molecule is CC(C)(C)OC(=O)N[C@@H]1c2cccc(F)c2CC12CCN(c1cnc3c(I)nn(C4CCCCO4)c3n1)CC2. The monoisotopic (exact) mass is 648 g/mol. The number of alkyl carbamates (subject to hydrolysis) is 1. The highest BCUT2D eigenvalue weighted by Gasteiger charge is 2.49. The zero-order valence-electron chi connectivity index (χ0n) is 22.5. The van der Waals surface area contributed by atoms with Crippen LogP contribution in [-0.2, 0) is 15.9 Å². The van der Waals surface area contributed by atoms with Gasteiger partial charge in [0.2, 0.25) is 0 Å². The molecule has 1 unspecified atom stereocenters. The smallest absolute Gasteiger partial charge is 0.408 e. The first-order valence-corrected chi connectivity index (χ1v) is 14.8. The predicted molar refractivity (Wildman–Crippen MR) is 153 cm³/mol. The van der Waals surface area contributed by atoms with Gasteiger partial charge in [0.1, 0.15) is 22.8 Å². The molecule has 6 rings (SSSR count). The molecule has 1 aliphatic carbocycles. The Morgan fingerprint density at radius 3 is 2.77 bits per heavy atom. The summed E-state index contributed by atoms with van der Waals surface area (Å²) in [6.45, 7) is 7.68. The van der Waals surface area contributed by atoms with Crippen LogP contribution in [0.2, 0.25) is 0 Å². The Morgan fingerprint density at radius 1 is 1.26 bits per heavy atom. The van der Waals surface area contributed by atoms with Crippen molar-refractivity contribution in [2.45, 2.75) is 77.2 Å². The van der Waals surface area contributed by atoms with E-state index in [0.29, 0.717) is 25.1 Å². The van der Waals surface area contributed by atoms with Gasteiger partial charge in [0.25, 0.3) is 0 Å². The lowest BCUT2D eigenvalue weighted by molar-refractivity contribution is -0.0372. The first-order valence-electron chi connectivity index (χ1n) is 13.7. The normalized spacial score (nSPS) is 22.7. The Morgan fingerprint density at radius 2 is 2.05 bits per heavy atom. The number of hydrogen-bond donors (Lipinski definition) is 1. The maximum Gasteiger partial charge on any atom is 0.408 e. The second kappa shape index (κ2) is 10.1. The minimum absolute atomic E-state index is 0.120. The fourth-order valence-electron chi connectivity index (χ4n) is 6.25. The van der Waals surface area contributed by atoms with Gasteiger partial charge in [-0.25, -0.2) is 23.8 Å². The molecule has 208 valence electrons. The van der Waals surface area contributed by atoms with Crippen molar-refractivity contribution in [3.8, 4) is 0 Å². The van der Waals surface area contributed by atoms with Crippen LogP contribution in [0.3, 0.4) is 0 Å². The molecule has 1 amide bonds. The molecule has 3 aromatic rings. The molecule has 0 bridgehead atoms. The number of ether oxygens (including phenoxy) is 2. The highest BCUT2D eigenvalue weighted by Crippen LogP contribution is 2.53. The van der Waals surface area contributed by atoms with E-state index < -0.39 is 11.7 Å². The highest BCUT2D eigenvalue weighted by molar-refractivity contribution is 14.1. The van der Waals surface area contributed by atoms with E-state index in [1.165, 1.54) is 6.07 Å². The zero-order chi connectivity index (χ0) is 27.4. The molecule has 2 atom stereocenters. The van der Waals surface area contributed by atoms with E-state index in [9.17, 15) is 9.18 Å². The third kappa shape index (κ3) is 5.07. The van der Waals surface area contributed by atoms with Crippen LogP contribution < -0.4 is 10.2 Å². The fourth-order valence-corrected chi connectivity index (χ4v) is 6.87. The van der Waals surface area contributed by atoms with E-state index in [1.54, 1.807) is 6.07 Å². The summed E-state index contributed by atoms with van der Waals surface area (Å²) < 4.78 is 29.2. The molecule has 1 aromatic carbocycles. The topological polar surface area (TPSA) is 94.4 Å². The first-order chi connectivity index (χ1) is 18.6. The van der Waals surface area contributed by atoms with Gasteiger partial charge in [-0.2, -0.15) is 5.10 Å². The molecule has 2 aliphatic heterocycles. The zero-order valence-corrected chi connectivity index (χ0v) is 24.7. The van der Waals surface area contributed by atoms with Crippen molar-refractivity contribution in [3.05, 3.63) is 45.0 Å². The molecule has 1 spiro atoms. The predicted octanol–water partition coefficient (Wildman–Crippen LogP) is 5.68. The van der Waals surface area contributed by atoms with Gasteiger partial charge in [0, 0.05) is 25.1 Å². The standard InChI is InChI=1S/C28H34FIN6O3/c1-27(2,3)39-26(37)33-23-17-7-6-8-19(29)18(17)15-28(23)10-12-35(13-11-28)20-16-31-22-24(30)34-36(25(22)32-20)21-9-4-5-14-38-21/h6-8,16,21,23H,4-5,9-15H2,1-3H3,(H,33,37)/t21?,23-/m1/s1. The Balaban J connectivity index is 1.25. The lowest BCUT2D eigenvalue weighted by Gasteiger charge is -2.43. The summed E-state index contributed by atoms with van der Waals surface area (Å²) in [5.74, 6) is 0.580. The first kappa shape index (κ1) is 26.7. The lowest BCUT2D eigenvalue weighted by Crippen LogP contribution is -2.48. The molecule has 1 N–H and O–H groups in total. The third-order valence-corrected chi connectivity index (χ3v) is 8.86. The van der Waals surface area contributed by atoms with Crippen molar-refractivity contribution in [2.75, 3.05) is 24.6 Å². The molecule has 0 saturated carbocycles. The van der Waals surface area contributed by atoms with Crippen molar-refractivity contribution in [1.29, 1.82) is 0 Å². The number of benzene rings is 1. The largest absolute Gasteiger partial charge is 0.444 e. The molecule has 0 radical (unpaired) electrons. The fraction of sp³-hybridized carbons (Fsp3) is 0.571. The maximum atomic E-state index is 14.9. The van der Waals surface area contributed by atoms with Gasteiger partial charge < -0.3 is 19.7 Å². The van der Waals surface area contributed by atoms with Gasteiger partial charge in [-0.05, 0) is 99.1 Å². The average Bonchev–Trinajstić information content (AvgIpc) is 3.39. The molecule has 9 nitrogen and oxygen atoms in total. The van der Waals surface area contributed by atoms with Crippen LogP contribution in [0, 0.1) is 14.9 Å². The molecule has 39 heavy (non-hydrogen) atoms. The number of piperidine rings is 1. The highest BCUT2D eigenvalue weighted by atomic mass is 127. The van der Waals surface area contributed by atoms with Crippen LogP contribution in [0.15, 0.2) is 24.4 Å². The summed E-state index contributed by atoms with van der Waals surface area (Å²) in [6.07, 6.45) is 6.42. The Kier molecular flexibility index (Phi) is 6.93. The summed E-state index contributed by atoms with van der Waals surface area (Å²) in [4.78, 5) is 24.8. The van der Waals surface area contributed by atoms with Crippen molar-refractivity contribution < 1.29 is 18.7 Å². The van der Waals surface area contributed by atoms with E-state index >= 15 is 0 Å². The molecule has 4 heterocycles. The molecule has 3 aliphatic rings. The Labute approximate surface area is 241 Å². The van der Waals surface area contributed by atoms with Crippen LogP contribution in [0.25, 0.3) is 11.2 Å². The summed E-state index contributed by atoms with van der Waals surface area (Å²) in [7, 11) is 0. The van der Waals surface area contributed by atoms with E-state index in [4.69, 9.17) is 24.5 Å². The number of nitrogens with zero attached hydrogens (tertiary/aromatic N) is 5. The number of carbonyl (C=O) groups is 1. The minimum atomic E-state index is -0.617. The quantitative estimate of drug-likeness (QED) is 0.366. The number of rotatable bonds is 3. The van der Waals surface area contributed by atoms with Crippen molar-refractivity contribution in [2.24, 2.45) is 5.41 Å². The van der Waals surface area contributed by atoms with Crippen LogP contribution >= 0.6 is 22.6 Å². The number of amides is 1. The van der Waals surface area contributed by atoms with E-state index in [2.05, 4.69) is 32.8 Å². The number of fused-ring (bicyclic) bond motifs is 2. The third-order valence-electron chi connectivity index (χ3n) is 8.13. The van der Waals surface area contributed by atoms with E-state index in [0.717, 1.165) is 65.0 Å². The maximum absolute atomic E-state index is 14.9. The van der Waals surface area contributed by atoms with Gasteiger partial charge in [0.15, 0.2) is 15.6 Å². The second-order valence-corrected chi connectivity index (χ2v) is 12.9. The molecule has 2 aromatic heterocycles. The average molecular weight is 649 g/mol. The number of anilines is 1. The van der Waals surface area contributed by atoms with Gasteiger partial charge in [-0.1, -0.05) is 12.1 Å². The molecular weight excluding hydrogens is 614 g/mol. The van der Waals surface area contributed by atoms with Gasteiger partial charge in [-0.3, -0.25) is 0 Å². The van der Waals surface area contributed by atoms with Crippen LogP contribution in [0.5, 0.6) is 0 Å². The van der Waals surface area contributed by atoms with Crippen LogP contribution in [-0.4, -0.2) is 51.1 Å². The van der Waals surface area contributed by atoms with Crippen LogP contribution in [0.4, 0.5) is 15.0 Å². The summed E-state index contributed by atoms with van der Waals surface area (Å²) in [5.41, 5.74) is 2.14. The Bertz CT molecular complexity index is 1390. The molecule has 2 saturated heterocycles. The number of nitrogens with one attached hydrogen (secondary N) is 1. The summed E-state index contributed by atoms with van der Waals surface area (Å²) in [5, 5.41) is 7.80. The number of halogens is 2. The number of aromatic nitrogens is 4. The molecule has 2 fully saturated rings. The van der Waals surface area contributed by atoms with Crippen LogP contribution in [0.1, 0.15) is 76.3 Å². The Hall–Kier alpha value is -2.54. The van der Waals surface area contributed by atoms with Crippen molar-refractivity contribution in [3.63, 3.8) is 0 Å². The van der Waals surface area contributed by atoms with E-state index in [-0.39, 0.29) is 23.5 Å². The second-order valence-electron chi connectivity index (χ2n) is 11.9. The van der Waals surface area contributed by atoms with Crippen molar-refractivity contribution >= 4 is 45.7 Å². The summed E-state index contributed by atoms with van der Waals surface area (Å²) in [6, 6.07) is 4.83.